The van der Waals surface area contributed by atoms with Crippen molar-refractivity contribution in [3.8, 4) is 11.5 Å². The Morgan fingerprint density at radius 2 is 1.91 bits per heavy atom. The normalized spacial score (nSPS) is 11.3. The standard InChI is InChI=1S/C17H23F2NO3/c1-4-13(5-2)20-16(21)10-8-12-7-9-14(23-17(18)19)15(11-12)22-6-3/h7-11,13,17H,4-6H2,1-3H3,(H,20,21)/b10-8+. The highest BCUT2D eigenvalue weighted by atomic mass is 19.3. The van der Waals surface area contributed by atoms with Gasteiger partial charge in [-0.1, -0.05) is 19.9 Å². The fourth-order valence-corrected chi connectivity index (χ4v) is 2.00. The Morgan fingerprint density at radius 1 is 1.22 bits per heavy atom. The van der Waals surface area contributed by atoms with Crippen molar-refractivity contribution < 1.29 is 23.0 Å². The van der Waals surface area contributed by atoms with Crippen LogP contribution in [0.4, 0.5) is 8.78 Å². The van der Waals surface area contributed by atoms with Gasteiger partial charge < -0.3 is 14.8 Å². The van der Waals surface area contributed by atoms with Gasteiger partial charge in [-0.3, -0.25) is 4.79 Å². The predicted molar refractivity (Wildman–Crippen MR) is 85.8 cm³/mol. The third kappa shape index (κ3) is 6.67. The van der Waals surface area contributed by atoms with Crippen LogP contribution in [0.2, 0.25) is 0 Å². The first-order valence-electron chi connectivity index (χ1n) is 7.70. The van der Waals surface area contributed by atoms with Crippen LogP contribution in [0.15, 0.2) is 24.3 Å². The molecule has 0 atom stereocenters. The average molecular weight is 327 g/mol. The van der Waals surface area contributed by atoms with Crippen LogP contribution in [-0.2, 0) is 4.79 Å². The van der Waals surface area contributed by atoms with Crippen LogP contribution in [0.1, 0.15) is 39.2 Å². The highest BCUT2D eigenvalue weighted by molar-refractivity contribution is 5.92. The minimum absolute atomic E-state index is 0.0273. The number of hydrogen-bond acceptors (Lipinski definition) is 3. The van der Waals surface area contributed by atoms with Crippen LogP contribution in [0.25, 0.3) is 6.08 Å². The lowest BCUT2D eigenvalue weighted by atomic mass is 10.1. The third-order valence-electron chi connectivity index (χ3n) is 3.24. The van der Waals surface area contributed by atoms with Crippen molar-refractivity contribution in [1.82, 2.24) is 5.32 Å². The van der Waals surface area contributed by atoms with Crippen molar-refractivity contribution >= 4 is 12.0 Å². The predicted octanol–water partition coefficient (Wildman–Crippen LogP) is 4.00. The van der Waals surface area contributed by atoms with E-state index in [1.54, 1.807) is 25.1 Å². The zero-order valence-electron chi connectivity index (χ0n) is 13.6. The van der Waals surface area contributed by atoms with E-state index < -0.39 is 6.61 Å². The molecule has 0 aliphatic rings. The van der Waals surface area contributed by atoms with Gasteiger partial charge >= 0.3 is 6.61 Å². The van der Waals surface area contributed by atoms with E-state index >= 15 is 0 Å². The Kier molecular flexibility index (Phi) is 8.08. The molecule has 4 nitrogen and oxygen atoms in total. The molecule has 1 aromatic rings. The van der Waals surface area contributed by atoms with Crippen molar-refractivity contribution in [3.63, 3.8) is 0 Å². The van der Waals surface area contributed by atoms with E-state index in [-0.39, 0.29) is 23.4 Å². The van der Waals surface area contributed by atoms with Gasteiger partial charge in [-0.15, -0.1) is 0 Å². The highest BCUT2D eigenvalue weighted by Crippen LogP contribution is 2.30. The maximum atomic E-state index is 12.3. The number of ether oxygens (including phenoxy) is 2. The number of alkyl halides is 2. The molecular weight excluding hydrogens is 304 g/mol. The molecule has 1 rings (SSSR count). The monoisotopic (exact) mass is 327 g/mol. The second kappa shape index (κ2) is 9.82. The van der Waals surface area contributed by atoms with Crippen molar-refractivity contribution in [1.29, 1.82) is 0 Å². The first-order chi connectivity index (χ1) is 11.0. The maximum Gasteiger partial charge on any atom is 0.387 e. The Labute approximate surface area is 135 Å². The zero-order valence-corrected chi connectivity index (χ0v) is 13.6. The number of rotatable bonds is 9. The lowest BCUT2D eigenvalue weighted by molar-refractivity contribution is -0.117. The van der Waals surface area contributed by atoms with Crippen molar-refractivity contribution in [2.75, 3.05) is 6.61 Å². The van der Waals surface area contributed by atoms with Gasteiger partial charge in [0, 0.05) is 12.1 Å². The molecule has 6 heteroatoms. The quantitative estimate of drug-likeness (QED) is 0.697. The minimum Gasteiger partial charge on any atom is -0.490 e. The Hall–Kier alpha value is -2.11. The summed E-state index contributed by atoms with van der Waals surface area (Å²) in [6.07, 6.45) is 4.75. The molecule has 0 aromatic heterocycles. The van der Waals surface area contributed by atoms with E-state index in [2.05, 4.69) is 10.1 Å². The molecule has 0 saturated carbocycles. The third-order valence-corrected chi connectivity index (χ3v) is 3.24. The number of hydrogen-bond donors (Lipinski definition) is 1. The van der Waals surface area contributed by atoms with E-state index in [1.807, 2.05) is 13.8 Å². The van der Waals surface area contributed by atoms with Crippen LogP contribution in [0.3, 0.4) is 0 Å². The van der Waals surface area contributed by atoms with Crippen LogP contribution in [0, 0.1) is 0 Å². The van der Waals surface area contributed by atoms with Gasteiger partial charge in [0.2, 0.25) is 5.91 Å². The maximum absolute atomic E-state index is 12.3. The summed E-state index contributed by atoms with van der Waals surface area (Å²) in [4.78, 5) is 11.8. The van der Waals surface area contributed by atoms with Gasteiger partial charge in [-0.25, -0.2) is 0 Å². The van der Waals surface area contributed by atoms with Crippen LogP contribution >= 0.6 is 0 Å². The van der Waals surface area contributed by atoms with E-state index in [0.717, 1.165) is 12.8 Å². The van der Waals surface area contributed by atoms with Gasteiger partial charge in [-0.2, -0.15) is 8.78 Å². The van der Waals surface area contributed by atoms with Crippen molar-refractivity contribution in [3.05, 3.63) is 29.8 Å². The van der Waals surface area contributed by atoms with E-state index in [9.17, 15) is 13.6 Å². The largest absolute Gasteiger partial charge is 0.490 e. The van der Waals surface area contributed by atoms with Gasteiger partial charge in [0.25, 0.3) is 0 Å². The van der Waals surface area contributed by atoms with Crippen LogP contribution in [-0.4, -0.2) is 25.2 Å². The lowest BCUT2D eigenvalue weighted by Gasteiger charge is -2.13. The van der Waals surface area contributed by atoms with Gasteiger partial charge in [0.1, 0.15) is 0 Å². The summed E-state index contributed by atoms with van der Waals surface area (Å²) in [7, 11) is 0. The van der Waals surface area contributed by atoms with E-state index in [4.69, 9.17) is 4.74 Å². The van der Waals surface area contributed by atoms with Crippen LogP contribution < -0.4 is 14.8 Å². The molecule has 0 radical (unpaired) electrons. The Balaban J connectivity index is 2.81. The highest BCUT2D eigenvalue weighted by Gasteiger charge is 2.11. The molecule has 0 spiro atoms. The fraction of sp³-hybridized carbons (Fsp3) is 0.471. The summed E-state index contributed by atoms with van der Waals surface area (Å²) < 4.78 is 34.4. The topological polar surface area (TPSA) is 47.6 Å². The lowest BCUT2D eigenvalue weighted by Crippen LogP contribution is -2.32. The number of benzene rings is 1. The average Bonchev–Trinajstić information content (AvgIpc) is 2.52. The molecule has 23 heavy (non-hydrogen) atoms. The second-order valence-corrected chi connectivity index (χ2v) is 4.87. The van der Waals surface area contributed by atoms with Gasteiger partial charge in [0.15, 0.2) is 11.5 Å². The molecule has 0 saturated heterocycles. The molecule has 0 aliphatic carbocycles. The number of amides is 1. The zero-order chi connectivity index (χ0) is 17.2. The summed E-state index contributed by atoms with van der Waals surface area (Å²) in [5, 5.41) is 2.88. The van der Waals surface area contributed by atoms with E-state index in [1.165, 1.54) is 12.1 Å². The minimum atomic E-state index is -2.92. The molecule has 128 valence electrons. The molecule has 0 unspecified atom stereocenters. The fourth-order valence-electron chi connectivity index (χ4n) is 2.00. The van der Waals surface area contributed by atoms with Crippen molar-refractivity contribution in [2.45, 2.75) is 46.3 Å². The molecule has 1 aromatic carbocycles. The number of nitrogens with one attached hydrogen (secondary N) is 1. The Morgan fingerprint density at radius 3 is 2.48 bits per heavy atom. The molecular formula is C17H23F2NO3. The molecule has 1 amide bonds. The first-order valence-corrected chi connectivity index (χ1v) is 7.70. The van der Waals surface area contributed by atoms with Gasteiger partial charge in [-0.05, 0) is 43.5 Å². The van der Waals surface area contributed by atoms with Gasteiger partial charge in [0.05, 0.1) is 6.61 Å². The SMILES string of the molecule is CCOc1cc(/C=C/C(=O)NC(CC)CC)ccc1OC(F)F. The first kappa shape index (κ1) is 18.9. The summed E-state index contributed by atoms with van der Waals surface area (Å²) in [6, 6.07) is 4.69. The number of carbonyl (C=O) groups is 1. The van der Waals surface area contributed by atoms with E-state index in [0.29, 0.717) is 12.2 Å². The summed E-state index contributed by atoms with van der Waals surface area (Å²) in [5.74, 6) is 0.000370. The second-order valence-electron chi connectivity index (χ2n) is 4.87. The summed E-state index contributed by atoms with van der Waals surface area (Å²) >= 11 is 0. The van der Waals surface area contributed by atoms with Crippen molar-refractivity contribution in [2.24, 2.45) is 0 Å². The molecule has 0 bridgehead atoms. The Bertz CT molecular complexity index is 529. The van der Waals surface area contributed by atoms with Crippen LogP contribution in [0.5, 0.6) is 11.5 Å². The number of halogens is 2. The molecule has 0 aliphatic heterocycles. The molecule has 1 N–H and O–H groups in total. The molecule has 0 heterocycles. The summed E-state index contributed by atoms with van der Waals surface area (Å²) in [5.41, 5.74) is 0.662. The smallest absolute Gasteiger partial charge is 0.387 e. The molecule has 0 fully saturated rings. The summed E-state index contributed by atoms with van der Waals surface area (Å²) in [6.45, 7) is 3.17. The number of carbonyl (C=O) groups excluding carboxylic acids is 1.